The lowest BCUT2D eigenvalue weighted by Gasteiger charge is -2.35. The van der Waals surface area contributed by atoms with Crippen LogP contribution in [0.2, 0.25) is 0 Å². The SMILES string of the molecule is COc1cc(NC(=O)[C@H]2C[C@@H](c3ccco3)NS(=O)(=O)N2C)cc(OC)c1OC. The summed E-state index contributed by atoms with van der Waals surface area (Å²) in [5.41, 5.74) is 0.378. The average molecular weight is 425 g/mol. The Morgan fingerprint density at radius 1 is 1.21 bits per heavy atom. The van der Waals surface area contributed by atoms with E-state index in [2.05, 4.69) is 10.0 Å². The zero-order valence-electron chi connectivity index (χ0n) is 16.5. The van der Waals surface area contributed by atoms with Crippen LogP contribution in [0, 0.1) is 0 Å². The van der Waals surface area contributed by atoms with Gasteiger partial charge in [-0.05, 0) is 18.6 Å². The third-order valence-electron chi connectivity index (χ3n) is 4.69. The van der Waals surface area contributed by atoms with Crippen LogP contribution in [0.4, 0.5) is 5.69 Å². The topological polar surface area (TPSA) is 119 Å². The number of carbonyl (C=O) groups is 1. The van der Waals surface area contributed by atoms with E-state index in [9.17, 15) is 13.2 Å². The standard InChI is InChI=1S/C18H23N3O7S/c1-21-13(10-12(20-29(21,23)24)14-6-5-7-28-14)18(22)19-11-8-15(25-2)17(27-4)16(9-11)26-3/h5-9,12-13,20H,10H2,1-4H3,(H,19,22)/t12-,13+/m0/s1. The number of ether oxygens (including phenoxy) is 3. The minimum atomic E-state index is -3.87. The number of hydrogen-bond donors (Lipinski definition) is 2. The van der Waals surface area contributed by atoms with E-state index < -0.39 is 28.2 Å². The van der Waals surface area contributed by atoms with E-state index in [0.717, 1.165) is 4.31 Å². The molecule has 11 heteroatoms. The van der Waals surface area contributed by atoms with Gasteiger partial charge >= 0.3 is 0 Å². The van der Waals surface area contributed by atoms with Gasteiger partial charge in [-0.2, -0.15) is 17.4 Å². The number of amides is 1. The molecule has 0 bridgehead atoms. The number of nitrogens with one attached hydrogen (secondary N) is 2. The Kier molecular flexibility index (Phi) is 6.01. The number of furan rings is 1. The van der Waals surface area contributed by atoms with Gasteiger partial charge in [-0.3, -0.25) is 4.79 Å². The van der Waals surface area contributed by atoms with Crippen LogP contribution in [-0.4, -0.2) is 53.0 Å². The average Bonchev–Trinajstić information content (AvgIpc) is 3.23. The number of rotatable bonds is 6. The molecule has 1 amide bonds. The Balaban J connectivity index is 1.87. The lowest BCUT2D eigenvalue weighted by Crippen LogP contribution is -2.55. The van der Waals surface area contributed by atoms with Crippen LogP contribution in [0.1, 0.15) is 18.2 Å². The van der Waals surface area contributed by atoms with Gasteiger partial charge in [0.1, 0.15) is 11.8 Å². The molecule has 1 aliphatic heterocycles. The fraction of sp³-hybridized carbons (Fsp3) is 0.389. The lowest BCUT2D eigenvalue weighted by atomic mass is 10.0. The highest BCUT2D eigenvalue weighted by molar-refractivity contribution is 7.87. The highest BCUT2D eigenvalue weighted by Crippen LogP contribution is 2.40. The van der Waals surface area contributed by atoms with Gasteiger partial charge in [0.05, 0.1) is 33.6 Å². The maximum Gasteiger partial charge on any atom is 0.280 e. The molecule has 0 radical (unpaired) electrons. The van der Waals surface area contributed by atoms with Gasteiger partial charge < -0.3 is 23.9 Å². The molecule has 158 valence electrons. The highest BCUT2D eigenvalue weighted by atomic mass is 32.2. The third-order valence-corrected chi connectivity index (χ3v) is 6.28. The number of benzene rings is 1. The van der Waals surface area contributed by atoms with Gasteiger partial charge in [-0.25, -0.2) is 0 Å². The quantitative estimate of drug-likeness (QED) is 0.720. The molecule has 2 aromatic rings. The largest absolute Gasteiger partial charge is 0.493 e. The second kappa shape index (κ2) is 8.31. The number of likely N-dealkylation sites (N-methyl/N-ethyl adjacent to an activating group) is 1. The molecule has 0 saturated carbocycles. The fourth-order valence-corrected chi connectivity index (χ4v) is 4.42. The van der Waals surface area contributed by atoms with Gasteiger partial charge in [0.2, 0.25) is 11.7 Å². The second-order valence-electron chi connectivity index (χ2n) is 6.36. The molecule has 2 atom stereocenters. The van der Waals surface area contributed by atoms with E-state index >= 15 is 0 Å². The monoisotopic (exact) mass is 425 g/mol. The maximum atomic E-state index is 12.9. The molecule has 1 saturated heterocycles. The van der Waals surface area contributed by atoms with Crippen LogP contribution in [0.5, 0.6) is 17.2 Å². The van der Waals surface area contributed by atoms with Crippen LogP contribution in [-0.2, 0) is 15.0 Å². The first-order chi connectivity index (χ1) is 13.8. The second-order valence-corrected chi connectivity index (χ2v) is 8.12. The molecule has 2 heterocycles. The van der Waals surface area contributed by atoms with Gasteiger partial charge in [-0.15, -0.1) is 0 Å². The minimum Gasteiger partial charge on any atom is -0.493 e. The van der Waals surface area contributed by atoms with Gasteiger partial charge in [0.25, 0.3) is 10.2 Å². The summed E-state index contributed by atoms with van der Waals surface area (Å²) < 4.78 is 49.6. The molecule has 0 aliphatic carbocycles. The summed E-state index contributed by atoms with van der Waals surface area (Å²) in [6, 6.07) is 4.86. The third kappa shape index (κ3) is 4.16. The van der Waals surface area contributed by atoms with Crippen LogP contribution in [0.3, 0.4) is 0 Å². The summed E-state index contributed by atoms with van der Waals surface area (Å²) in [7, 11) is 1.88. The molecule has 29 heavy (non-hydrogen) atoms. The highest BCUT2D eigenvalue weighted by Gasteiger charge is 2.41. The van der Waals surface area contributed by atoms with E-state index in [1.54, 1.807) is 24.3 Å². The van der Waals surface area contributed by atoms with Crippen molar-refractivity contribution in [2.45, 2.75) is 18.5 Å². The first-order valence-corrected chi connectivity index (χ1v) is 10.1. The smallest absolute Gasteiger partial charge is 0.280 e. The van der Waals surface area contributed by atoms with Gasteiger partial charge in [0.15, 0.2) is 11.5 Å². The Labute approximate surface area is 168 Å². The summed E-state index contributed by atoms with van der Waals surface area (Å²) in [6.07, 6.45) is 1.65. The van der Waals surface area contributed by atoms with E-state index in [1.165, 1.54) is 34.6 Å². The number of hydrogen-bond acceptors (Lipinski definition) is 7. The Bertz CT molecular complexity index is 950. The maximum absolute atomic E-state index is 12.9. The molecule has 1 fully saturated rings. The Morgan fingerprint density at radius 3 is 2.38 bits per heavy atom. The van der Waals surface area contributed by atoms with Crippen molar-refractivity contribution in [2.75, 3.05) is 33.7 Å². The van der Waals surface area contributed by atoms with Crippen molar-refractivity contribution in [3.63, 3.8) is 0 Å². The predicted octanol–water partition coefficient (Wildman–Crippen LogP) is 1.52. The van der Waals surface area contributed by atoms with Crippen LogP contribution >= 0.6 is 0 Å². The van der Waals surface area contributed by atoms with Crippen LogP contribution in [0.25, 0.3) is 0 Å². The molecule has 1 aromatic carbocycles. The Hall–Kier alpha value is -2.76. The van der Waals surface area contributed by atoms with Gasteiger partial charge in [0, 0.05) is 24.9 Å². The van der Waals surface area contributed by atoms with Gasteiger partial charge in [-0.1, -0.05) is 0 Å². The lowest BCUT2D eigenvalue weighted by molar-refractivity contribution is -0.120. The first kappa shape index (κ1) is 21.0. The number of nitrogens with zero attached hydrogens (tertiary/aromatic N) is 1. The predicted molar refractivity (Wildman–Crippen MR) is 104 cm³/mol. The van der Waals surface area contributed by atoms with Crippen molar-refractivity contribution >= 4 is 21.8 Å². The molecular weight excluding hydrogens is 402 g/mol. The molecule has 10 nitrogen and oxygen atoms in total. The Morgan fingerprint density at radius 2 is 1.86 bits per heavy atom. The first-order valence-electron chi connectivity index (χ1n) is 8.70. The fourth-order valence-electron chi connectivity index (χ4n) is 3.16. The molecule has 3 rings (SSSR count). The zero-order valence-corrected chi connectivity index (χ0v) is 17.3. The van der Waals surface area contributed by atoms with Crippen molar-refractivity contribution in [1.82, 2.24) is 9.03 Å². The van der Waals surface area contributed by atoms with Crippen LogP contribution in [0.15, 0.2) is 34.9 Å². The summed E-state index contributed by atoms with van der Waals surface area (Å²) in [6.45, 7) is 0. The summed E-state index contributed by atoms with van der Waals surface area (Å²) >= 11 is 0. The molecule has 1 aliphatic rings. The van der Waals surface area contributed by atoms with Crippen molar-refractivity contribution in [2.24, 2.45) is 0 Å². The van der Waals surface area contributed by atoms with E-state index in [0.29, 0.717) is 28.7 Å². The molecule has 1 aromatic heterocycles. The zero-order chi connectivity index (χ0) is 21.2. The summed E-state index contributed by atoms with van der Waals surface area (Å²) in [5, 5.41) is 2.73. The molecule has 0 unspecified atom stereocenters. The molecule has 2 N–H and O–H groups in total. The van der Waals surface area contributed by atoms with Crippen molar-refractivity contribution in [3.8, 4) is 17.2 Å². The number of methoxy groups -OCH3 is 3. The summed E-state index contributed by atoms with van der Waals surface area (Å²) in [5.74, 6) is 1.05. The van der Waals surface area contributed by atoms with Crippen molar-refractivity contribution < 1.29 is 31.8 Å². The van der Waals surface area contributed by atoms with E-state index in [-0.39, 0.29) is 6.42 Å². The van der Waals surface area contributed by atoms with Crippen molar-refractivity contribution in [3.05, 3.63) is 36.3 Å². The normalized spacial score (nSPS) is 21.4. The molecular formula is C18H23N3O7S. The van der Waals surface area contributed by atoms with Crippen molar-refractivity contribution in [1.29, 1.82) is 0 Å². The van der Waals surface area contributed by atoms with E-state index in [4.69, 9.17) is 18.6 Å². The molecule has 0 spiro atoms. The van der Waals surface area contributed by atoms with E-state index in [1.807, 2.05) is 0 Å². The minimum absolute atomic E-state index is 0.194. The van der Waals surface area contributed by atoms with Crippen LogP contribution < -0.4 is 24.2 Å². The number of carbonyl (C=O) groups excluding carboxylic acids is 1. The summed E-state index contributed by atoms with van der Waals surface area (Å²) in [4.78, 5) is 12.9. The number of anilines is 1.